The van der Waals surface area contributed by atoms with E-state index in [9.17, 15) is 0 Å². The topological polar surface area (TPSA) is 63.6 Å². The zero-order chi connectivity index (χ0) is 8.41. The van der Waals surface area contributed by atoms with Gasteiger partial charge in [-0.1, -0.05) is 20.3 Å². The fraction of sp³-hybridized carbons (Fsp3) is 1.00. The number of hydrogen-bond donors (Lipinski definition) is 1. The van der Waals surface area contributed by atoms with E-state index in [2.05, 4.69) is 11.8 Å². The van der Waals surface area contributed by atoms with Crippen molar-refractivity contribution in [2.45, 2.75) is 20.3 Å². The predicted molar refractivity (Wildman–Crippen MR) is 29.4 cm³/mol. The summed E-state index contributed by atoms with van der Waals surface area (Å²) < 4.78 is 16.9. The van der Waals surface area contributed by atoms with Crippen molar-refractivity contribution in [1.29, 1.82) is 0 Å². The Morgan fingerprint density at radius 3 is 2.10 bits per heavy atom. The van der Waals surface area contributed by atoms with Crippen molar-refractivity contribution >= 4 is 0 Å². The Morgan fingerprint density at radius 2 is 2.00 bits per heavy atom. The number of rotatable bonds is 3. The number of hydrogen-bond acceptors (Lipinski definition) is 4. The zero-order valence-corrected chi connectivity index (χ0v) is 7.51. The molecule has 0 aliphatic carbocycles. The molecule has 1 N–H and O–H groups in total. The van der Waals surface area contributed by atoms with Crippen LogP contribution in [0.4, 0.5) is 0 Å². The Balaban J connectivity index is 0. The van der Waals surface area contributed by atoms with Gasteiger partial charge in [0.15, 0.2) is 0 Å². The summed E-state index contributed by atoms with van der Waals surface area (Å²) in [7, 11) is 0. The average Bonchev–Trinajstić information content (AvgIpc) is 1.90. The van der Waals surface area contributed by atoms with Crippen molar-refractivity contribution in [1.82, 2.24) is 0 Å². The Labute approximate surface area is 67.0 Å². The molecule has 0 fully saturated rings. The van der Waals surface area contributed by atoms with Crippen LogP contribution in [0.1, 0.15) is 20.3 Å². The van der Waals surface area contributed by atoms with Gasteiger partial charge in [-0.2, -0.15) is 0 Å². The van der Waals surface area contributed by atoms with E-state index in [1.54, 1.807) is 0 Å². The second-order valence-electron chi connectivity index (χ2n) is 1.88. The van der Waals surface area contributed by atoms with E-state index in [0.717, 1.165) is 6.42 Å². The van der Waals surface area contributed by atoms with Crippen LogP contribution in [0, 0.1) is 5.92 Å². The molecule has 0 heterocycles. The summed E-state index contributed by atoms with van der Waals surface area (Å²) in [5.41, 5.74) is 0. The fourth-order valence-corrected chi connectivity index (χ4v) is 0.245. The summed E-state index contributed by atoms with van der Waals surface area (Å²) in [5, 5.41) is 7.87. The van der Waals surface area contributed by atoms with Crippen LogP contribution < -0.4 is 0 Å². The van der Waals surface area contributed by atoms with Crippen molar-refractivity contribution in [2.24, 2.45) is 5.92 Å². The first kappa shape index (κ1) is 12.8. The maximum absolute atomic E-state index is 8.47. The summed E-state index contributed by atoms with van der Waals surface area (Å²) in [6.45, 7) is 4.54. The molecule has 0 bridgehead atoms. The van der Waals surface area contributed by atoms with E-state index in [4.69, 9.17) is 12.6 Å². The van der Waals surface area contributed by atoms with Crippen molar-refractivity contribution < 1.29 is 33.7 Å². The van der Waals surface area contributed by atoms with Crippen molar-refractivity contribution in [3.05, 3.63) is 0 Å². The van der Waals surface area contributed by atoms with Crippen LogP contribution in [-0.4, -0.2) is 11.9 Å². The molecule has 0 amide bonds. The van der Waals surface area contributed by atoms with Crippen molar-refractivity contribution in [2.75, 3.05) is 6.61 Å². The summed E-state index contributed by atoms with van der Waals surface area (Å²) in [4.78, 5) is 3.89. The molecule has 1 atom stereocenters. The predicted octanol–water partition coefficient (Wildman–Crippen LogP) is 1.28. The minimum absolute atomic E-state index is 0.455. The summed E-state index contributed by atoms with van der Waals surface area (Å²) >= 11 is -1.81. The molecule has 1 unspecified atom stereocenters. The molecule has 5 heteroatoms. The van der Waals surface area contributed by atoms with Crippen LogP contribution in [0.15, 0.2) is 0 Å². The Bertz CT molecular complexity index is 89.6. The molecule has 0 aromatic carbocycles. The fourth-order valence-electron chi connectivity index (χ4n) is 0.245. The summed E-state index contributed by atoms with van der Waals surface area (Å²) in [6, 6.07) is 0. The van der Waals surface area contributed by atoms with E-state index in [1.165, 1.54) is 0 Å². The molecule has 0 aliphatic heterocycles. The first-order chi connectivity index (χ1) is 4.72. The molecule has 0 radical (unpaired) electrons. The monoisotopic (exact) mass is 187 g/mol. The molecular formula is C5H12O4V. The van der Waals surface area contributed by atoms with Gasteiger partial charge in [0.05, 0.1) is 6.61 Å². The van der Waals surface area contributed by atoms with E-state index in [-0.39, 0.29) is 0 Å². The van der Waals surface area contributed by atoms with E-state index in [1.807, 2.05) is 6.92 Å². The second-order valence-corrected chi connectivity index (χ2v) is 2.12. The normalized spacial score (nSPS) is 10.7. The van der Waals surface area contributed by atoms with Gasteiger partial charge in [0.25, 0.3) is 0 Å². The standard InChI is InChI=1S/C5H12O2.2O.V/c1-3-5(2)4-7-6;;;/h5-6H,3-4H2,1-2H3;;;. The maximum atomic E-state index is 8.47. The quantitative estimate of drug-likeness (QED) is 0.534. The molecule has 0 saturated carbocycles. The summed E-state index contributed by atoms with van der Waals surface area (Å²) in [6.07, 6.45) is 1.06. The van der Waals surface area contributed by atoms with Crippen LogP contribution in [0.2, 0.25) is 0 Å². The third-order valence-electron chi connectivity index (χ3n) is 1.06. The van der Waals surface area contributed by atoms with Gasteiger partial charge in [-0.25, -0.2) is 4.89 Å². The van der Waals surface area contributed by atoms with E-state index < -0.39 is 16.2 Å². The van der Waals surface area contributed by atoms with Gasteiger partial charge in [0.2, 0.25) is 0 Å². The zero-order valence-electron chi connectivity index (χ0n) is 6.11. The third-order valence-corrected chi connectivity index (χ3v) is 1.06. The van der Waals surface area contributed by atoms with E-state index in [0.29, 0.717) is 12.5 Å². The average molecular weight is 187 g/mol. The molecular weight excluding hydrogens is 175 g/mol. The van der Waals surface area contributed by atoms with Crippen molar-refractivity contribution in [3.8, 4) is 0 Å². The molecule has 61 valence electrons. The van der Waals surface area contributed by atoms with Crippen LogP contribution >= 0.6 is 0 Å². The van der Waals surface area contributed by atoms with Gasteiger partial charge >= 0.3 is 23.5 Å². The van der Waals surface area contributed by atoms with Gasteiger partial charge in [-0.3, -0.25) is 5.26 Å². The Kier molecular flexibility index (Phi) is 15.1. The van der Waals surface area contributed by atoms with Gasteiger partial charge in [-0.05, 0) is 5.92 Å². The molecule has 0 aromatic rings. The van der Waals surface area contributed by atoms with Gasteiger partial charge in [0.1, 0.15) is 0 Å². The van der Waals surface area contributed by atoms with Gasteiger partial charge < -0.3 is 0 Å². The first-order valence-electron chi connectivity index (χ1n) is 2.94. The molecule has 0 aromatic heterocycles. The van der Waals surface area contributed by atoms with Crippen LogP contribution in [0.3, 0.4) is 0 Å². The minimum atomic E-state index is -1.81. The molecule has 0 rings (SSSR count). The third kappa shape index (κ3) is 15.7. The van der Waals surface area contributed by atoms with Crippen LogP contribution in [-0.2, 0) is 28.4 Å². The van der Waals surface area contributed by atoms with Gasteiger partial charge in [0, 0.05) is 0 Å². The first-order valence-corrected chi connectivity index (χ1v) is 4.08. The molecule has 10 heavy (non-hydrogen) atoms. The Morgan fingerprint density at radius 1 is 1.60 bits per heavy atom. The van der Waals surface area contributed by atoms with Crippen molar-refractivity contribution in [3.63, 3.8) is 0 Å². The van der Waals surface area contributed by atoms with Crippen LogP contribution in [0.5, 0.6) is 0 Å². The molecule has 4 nitrogen and oxygen atoms in total. The molecule has 0 saturated heterocycles. The second kappa shape index (κ2) is 11.8. The SMILES string of the molecule is CCC(C)COO.[O]=[V]=[O]. The summed E-state index contributed by atoms with van der Waals surface area (Å²) in [5.74, 6) is 0.477. The Hall–Kier alpha value is 0.104. The van der Waals surface area contributed by atoms with E-state index >= 15 is 0 Å². The van der Waals surface area contributed by atoms with Crippen LogP contribution in [0.25, 0.3) is 0 Å². The van der Waals surface area contributed by atoms with Gasteiger partial charge in [-0.15, -0.1) is 0 Å². The molecule has 0 aliphatic rings. The molecule has 0 spiro atoms.